The molecule has 37 heavy (non-hydrogen) atoms. The van der Waals surface area contributed by atoms with Crippen LogP contribution in [0, 0.1) is 5.92 Å². The van der Waals surface area contributed by atoms with Crippen molar-refractivity contribution in [2.45, 2.75) is 12.0 Å². The lowest BCUT2D eigenvalue weighted by atomic mass is 9.71. The number of hydrogen-bond acceptors (Lipinski definition) is 6. The van der Waals surface area contributed by atoms with Crippen LogP contribution >= 0.6 is 0 Å². The number of aromatic hydroxyl groups is 1. The van der Waals surface area contributed by atoms with Crippen molar-refractivity contribution in [3.05, 3.63) is 119 Å². The zero-order valence-corrected chi connectivity index (χ0v) is 20.5. The summed E-state index contributed by atoms with van der Waals surface area (Å²) >= 11 is 0. The van der Waals surface area contributed by atoms with Gasteiger partial charge in [0.1, 0.15) is 29.1 Å². The number of ketones is 2. The van der Waals surface area contributed by atoms with Crippen molar-refractivity contribution in [2.24, 2.45) is 5.92 Å². The number of methoxy groups -OCH3 is 2. The summed E-state index contributed by atoms with van der Waals surface area (Å²) in [5.41, 5.74) is 1.91. The van der Waals surface area contributed by atoms with Crippen molar-refractivity contribution >= 4 is 11.6 Å². The second kappa shape index (κ2) is 10.2. The third kappa shape index (κ3) is 4.54. The van der Waals surface area contributed by atoms with Gasteiger partial charge in [0, 0.05) is 12.1 Å². The van der Waals surface area contributed by atoms with Gasteiger partial charge in [-0.3, -0.25) is 9.59 Å². The molecule has 4 aromatic rings. The number of benzene rings is 4. The minimum absolute atomic E-state index is 0.106. The normalized spacial score (nSPS) is 17.3. The standard InChI is InChI=1S/C31H26O6/c1-35-21-13-15-23(25(32)17-21)29(33)27(19-9-5-3-6-10-19)28-30(34)24-16-14-22(36-2)18-26(24)37-31(28)20-11-7-4-8-12-20/h3-18,27-28,31-32H,1-2H3/t27-,28+,31-/m0/s1. The van der Waals surface area contributed by atoms with E-state index in [1.165, 1.54) is 19.2 Å². The minimum atomic E-state index is -0.923. The summed E-state index contributed by atoms with van der Waals surface area (Å²) in [4.78, 5) is 28.4. The number of rotatable bonds is 7. The quantitative estimate of drug-likeness (QED) is 0.317. The molecule has 0 unspecified atom stereocenters. The van der Waals surface area contributed by atoms with Gasteiger partial charge in [0.2, 0.25) is 0 Å². The van der Waals surface area contributed by atoms with E-state index in [4.69, 9.17) is 14.2 Å². The fraction of sp³-hybridized carbons (Fsp3) is 0.161. The van der Waals surface area contributed by atoms with E-state index in [-0.39, 0.29) is 22.9 Å². The van der Waals surface area contributed by atoms with Gasteiger partial charge in [-0.05, 0) is 35.4 Å². The Bertz CT molecular complexity index is 1430. The molecular formula is C31H26O6. The molecule has 0 aliphatic carbocycles. The van der Waals surface area contributed by atoms with E-state index in [0.717, 1.165) is 5.56 Å². The van der Waals surface area contributed by atoms with Gasteiger partial charge in [0.15, 0.2) is 11.6 Å². The van der Waals surface area contributed by atoms with Crippen molar-refractivity contribution < 1.29 is 28.9 Å². The smallest absolute Gasteiger partial charge is 0.174 e. The molecule has 1 N–H and O–H groups in total. The number of ether oxygens (including phenoxy) is 3. The van der Waals surface area contributed by atoms with Crippen molar-refractivity contribution in [1.29, 1.82) is 0 Å². The average molecular weight is 495 g/mol. The van der Waals surface area contributed by atoms with Crippen LogP contribution in [0.25, 0.3) is 0 Å². The first-order valence-corrected chi connectivity index (χ1v) is 11.9. The summed E-state index contributed by atoms with van der Waals surface area (Å²) in [5.74, 6) is -1.23. The molecule has 1 aliphatic heterocycles. The Morgan fingerprint density at radius 1 is 0.838 bits per heavy atom. The molecule has 0 bridgehead atoms. The van der Waals surface area contributed by atoms with Crippen LogP contribution in [0.3, 0.4) is 0 Å². The Balaban J connectivity index is 1.69. The molecule has 1 aliphatic rings. The van der Waals surface area contributed by atoms with Gasteiger partial charge < -0.3 is 19.3 Å². The maximum absolute atomic E-state index is 14.2. The zero-order valence-electron chi connectivity index (χ0n) is 20.5. The summed E-state index contributed by atoms with van der Waals surface area (Å²) in [7, 11) is 3.03. The SMILES string of the molecule is COc1ccc(C(=O)[C@@H](c2ccccc2)[C@@H]2C(=O)c3ccc(OC)cc3O[C@H]2c2ccccc2)c(O)c1. The average Bonchev–Trinajstić information content (AvgIpc) is 2.94. The molecule has 5 rings (SSSR count). The zero-order chi connectivity index (χ0) is 25.9. The summed E-state index contributed by atoms with van der Waals surface area (Å²) in [6.07, 6.45) is -0.747. The van der Waals surface area contributed by atoms with Crippen LogP contribution in [0.1, 0.15) is 43.9 Å². The highest BCUT2D eigenvalue weighted by atomic mass is 16.5. The van der Waals surface area contributed by atoms with Crippen LogP contribution in [0.2, 0.25) is 0 Å². The Labute approximate surface area is 215 Å². The predicted molar refractivity (Wildman–Crippen MR) is 139 cm³/mol. The number of phenolic OH excluding ortho intramolecular Hbond substituents is 1. The summed E-state index contributed by atoms with van der Waals surface area (Å²) in [5, 5.41) is 10.7. The first kappa shape index (κ1) is 24.1. The molecule has 0 spiro atoms. The van der Waals surface area contributed by atoms with Crippen LogP contribution in [0.15, 0.2) is 97.1 Å². The van der Waals surface area contributed by atoms with Gasteiger partial charge in [0.25, 0.3) is 0 Å². The molecule has 0 saturated heterocycles. The van der Waals surface area contributed by atoms with Crippen LogP contribution in [0.5, 0.6) is 23.0 Å². The molecule has 0 fully saturated rings. The van der Waals surface area contributed by atoms with Crippen molar-refractivity contribution in [1.82, 2.24) is 0 Å². The molecule has 3 atom stereocenters. The summed E-state index contributed by atoms with van der Waals surface area (Å²) in [6.45, 7) is 0. The number of Topliss-reactive ketones (excluding diaryl/α,β-unsaturated/α-hetero) is 2. The molecule has 6 nitrogen and oxygen atoms in total. The molecule has 4 aromatic carbocycles. The molecule has 0 saturated carbocycles. The van der Waals surface area contributed by atoms with Gasteiger partial charge in [0.05, 0.1) is 37.2 Å². The fourth-order valence-electron chi connectivity index (χ4n) is 4.90. The van der Waals surface area contributed by atoms with Gasteiger partial charge >= 0.3 is 0 Å². The minimum Gasteiger partial charge on any atom is -0.507 e. The third-order valence-corrected chi connectivity index (χ3v) is 6.74. The lowest BCUT2D eigenvalue weighted by Crippen LogP contribution is -2.39. The van der Waals surface area contributed by atoms with Crippen LogP contribution in [0.4, 0.5) is 0 Å². The van der Waals surface area contributed by atoms with Gasteiger partial charge in [-0.15, -0.1) is 0 Å². The number of phenols is 1. The van der Waals surface area contributed by atoms with Crippen LogP contribution in [-0.4, -0.2) is 30.9 Å². The number of fused-ring (bicyclic) bond motifs is 1. The number of carbonyl (C=O) groups is 2. The summed E-state index contributed by atoms with van der Waals surface area (Å²) < 4.78 is 17.0. The first-order valence-electron chi connectivity index (χ1n) is 11.9. The van der Waals surface area contributed by atoms with E-state index in [0.29, 0.717) is 28.4 Å². The Morgan fingerprint density at radius 3 is 2.11 bits per heavy atom. The highest BCUT2D eigenvalue weighted by molar-refractivity contribution is 6.10. The van der Waals surface area contributed by atoms with Crippen molar-refractivity contribution in [2.75, 3.05) is 14.2 Å². The van der Waals surface area contributed by atoms with Crippen LogP contribution in [-0.2, 0) is 0 Å². The first-order chi connectivity index (χ1) is 18.0. The predicted octanol–water partition coefficient (Wildman–Crippen LogP) is 6.01. The summed E-state index contributed by atoms with van der Waals surface area (Å²) in [6, 6.07) is 28.1. The maximum Gasteiger partial charge on any atom is 0.174 e. The highest BCUT2D eigenvalue weighted by Crippen LogP contribution is 2.47. The number of hydrogen-bond donors (Lipinski definition) is 1. The van der Waals surface area contributed by atoms with E-state index in [9.17, 15) is 14.7 Å². The van der Waals surface area contributed by atoms with Crippen LogP contribution < -0.4 is 14.2 Å². The molecule has 0 radical (unpaired) electrons. The van der Waals surface area contributed by atoms with E-state index >= 15 is 0 Å². The van der Waals surface area contributed by atoms with Crippen molar-refractivity contribution in [3.63, 3.8) is 0 Å². The van der Waals surface area contributed by atoms with Gasteiger partial charge in [-0.25, -0.2) is 0 Å². The van der Waals surface area contributed by atoms with E-state index < -0.39 is 17.9 Å². The molecule has 186 valence electrons. The van der Waals surface area contributed by atoms with E-state index in [1.54, 1.807) is 31.4 Å². The topological polar surface area (TPSA) is 82.1 Å². The maximum atomic E-state index is 14.2. The molecule has 6 heteroatoms. The van der Waals surface area contributed by atoms with E-state index in [1.807, 2.05) is 60.7 Å². The van der Waals surface area contributed by atoms with Gasteiger partial charge in [-0.1, -0.05) is 60.7 Å². The molecule has 0 amide bonds. The molecule has 0 aromatic heterocycles. The van der Waals surface area contributed by atoms with Crippen molar-refractivity contribution in [3.8, 4) is 23.0 Å². The van der Waals surface area contributed by atoms with Gasteiger partial charge in [-0.2, -0.15) is 0 Å². The number of carbonyl (C=O) groups excluding carboxylic acids is 2. The van der Waals surface area contributed by atoms with E-state index in [2.05, 4.69) is 0 Å². The third-order valence-electron chi connectivity index (χ3n) is 6.74. The molecule has 1 heterocycles. The monoisotopic (exact) mass is 494 g/mol. The Morgan fingerprint density at radius 2 is 1.46 bits per heavy atom. The largest absolute Gasteiger partial charge is 0.507 e. The second-order valence-electron chi connectivity index (χ2n) is 8.84. The lowest BCUT2D eigenvalue weighted by molar-refractivity contribution is 0.0547. The second-order valence-corrected chi connectivity index (χ2v) is 8.84. The highest BCUT2D eigenvalue weighted by Gasteiger charge is 2.47. The Hall–Kier alpha value is -4.58. The Kier molecular flexibility index (Phi) is 6.64. The lowest BCUT2D eigenvalue weighted by Gasteiger charge is -2.37. The fourth-order valence-corrected chi connectivity index (χ4v) is 4.90. The molecular weight excluding hydrogens is 468 g/mol.